The average Bonchev–Trinajstić information content (AvgIpc) is 3.32. The van der Waals surface area contributed by atoms with Crippen LogP contribution in [0.25, 0.3) is 28.2 Å². The second kappa shape index (κ2) is 6.35. The summed E-state index contributed by atoms with van der Waals surface area (Å²) in [6.07, 6.45) is 3.52. The number of aromatic nitrogens is 6. The van der Waals surface area contributed by atoms with Gasteiger partial charge in [0.15, 0.2) is 5.65 Å². The standard InChI is InChI=1S/C20H16N6OS/c1-13-8-10-14(11-9-13)24-12-21-26-19(27)16-17(22-20(24)26)25(23-18(16)28-2)15-6-4-3-5-7-15/h3-12H,1-2H3. The molecule has 0 amide bonds. The fraction of sp³-hybridized carbons (Fsp3) is 0.100. The van der Waals surface area contributed by atoms with Crippen molar-refractivity contribution in [1.29, 1.82) is 0 Å². The molecule has 5 aromatic rings. The lowest BCUT2D eigenvalue weighted by atomic mass is 10.2. The van der Waals surface area contributed by atoms with E-state index in [1.807, 2.05) is 67.8 Å². The second-order valence-electron chi connectivity index (χ2n) is 6.42. The van der Waals surface area contributed by atoms with Crippen LogP contribution in [0.15, 0.2) is 70.7 Å². The van der Waals surface area contributed by atoms with Crippen molar-refractivity contribution < 1.29 is 0 Å². The zero-order chi connectivity index (χ0) is 19.3. The summed E-state index contributed by atoms with van der Waals surface area (Å²) in [5, 5.41) is 10.0. The molecule has 0 N–H and O–H groups in total. The molecule has 0 spiro atoms. The van der Waals surface area contributed by atoms with Crippen molar-refractivity contribution in [3.63, 3.8) is 0 Å². The third-order valence-electron chi connectivity index (χ3n) is 4.63. The number of hydrogen-bond acceptors (Lipinski definition) is 5. The molecule has 5 rings (SSSR count). The minimum Gasteiger partial charge on any atom is -0.267 e. The van der Waals surface area contributed by atoms with Crippen molar-refractivity contribution in [3.8, 4) is 11.4 Å². The number of nitrogens with zero attached hydrogens (tertiary/aromatic N) is 6. The summed E-state index contributed by atoms with van der Waals surface area (Å²) in [6.45, 7) is 2.03. The fourth-order valence-electron chi connectivity index (χ4n) is 3.21. The minimum atomic E-state index is -0.225. The van der Waals surface area contributed by atoms with E-state index in [2.05, 4.69) is 10.2 Å². The van der Waals surface area contributed by atoms with Crippen molar-refractivity contribution >= 4 is 28.6 Å². The fourth-order valence-corrected chi connectivity index (χ4v) is 3.76. The third kappa shape index (κ3) is 2.45. The van der Waals surface area contributed by atoms with Crippen molar-refractivity contribution in [2.45, 2.75) is 11.9 Å². The Morgan fingerprint density at radius 1 is 0.964 bits per heavy atom. The van der Waals surface area contributed by atoms with Crippen LogP contribution in [0, 0.1) is 6.92 Å². The quantitative estimate of drug-likeness (QED) is 0.444. The highest BCUT2D eigenvalue weighted by Crippen LogP contribution is 2.25. The molecule has 3 aromatic heterocycles. The van der Waals surface area contributed by atoms with Crippen LogP contribution in [-0.4, -0.2) is 35.2 Å². The summed E-state index contributed by atoms with van der Waals surface area (Å²) in [5.41, 5.74) is 3.20. The topological polar surface area (TPSA) is 70.0 Å². The first-order valence-corrected chi connectivity index (χ1v) is 9.95. The molecule has 3 heterocycles. The minimum absolute atomic E-state index is 0.225. The van der Waals surface area contributed by atoms with Gasteiger partial charge < -0.3 is 0 Å². The molecule has 2 aromatic carbocycles. The van der Waals surface area contributed by atoms with Crippen LogP contribution in [0.1, 0.15) is 5.56 Å². The van der Waals surface area contributed by atoms with Crippen LogP contribution in [0.2, 0.25) is 0 Å². The van der Waals surface area contributed by atoms with Crippen molar-refractivity contribution in [3.05, 3.63) is 76.8 Å². The summed E-state index contributed by atoms with van der Waals surface area (Å²) < 4.78 is 4.86. The Labute approximate surface area is 164 Å². The van der Waals surface area contributed by atoms with Crippen molar-refractivity contribution in [2.75, 3.05) is 6.26 Å². The summed E-state index contributed by atoms with van der Waals surface area (Å²) in [6, 6.07) is 17.7. The normalized spacial score (nSPS) is 11.5. The van der Waals surface area contributed by atoms with Gasteiger partial charge in [-0.05, 0) is 37.4 Å². The lowest BCUT2D eigenvalue weighted by Crippen LogP contribution is -2.16. The maximum Gasteiger partial charge on any atom is 0.288 e. The molecule has 0 aliphatic rings. The first kappa shape index (κ1) is 16.8. The zero-order valence-electron chi connectivity index (χ0n) is 15.3. The zero-order valence-corrected chi connectivity index (χ0v) is 16.1. The SMILES string of the molecule is CSc1nn(-c2ccccc2)c2nc3n(-c4ccc(C)cc4)cnn3c(=O)c12. The van der Waals surface area contributed by atoms with Gasteiger partial charge in [0, 0.05) is 0 Å². The summed E-state index contributed by atoms with van der Waals surface area (Å²) in [5.74, 6) is 0.450. The van der Waals surface area contributed by atoms with Crippen molar-refractivity contribution in [1.82, 2.24) is 28.9 Å². The number of aryl methyl sites for hydroxylation is 1. The number of fused-ring (bicyclic) bond motifs is 2. The summed E-state index contributed by atoms with van der Waals surface area (Å²) in [7, 11) is 0. The van der Waals surface area contributed by atoms with E-state index >= 15 is 0 Å². The Balaban J connectivity index is 1.86. The Hall–Kier alpha value is -3.39. The van der Waals surface area contributed by atoms with E-state index in [0.29, 0.717) is 21.8 Å². The first-order chi connectivity index (χ1) is 13.7. The van der Waals surface area contributed by atoms with E-state index in [4.69, 9.17) is 4.98 Å². The van der Waals surface area contributed by atoms with Crippen LogP contribution in [0.4, 0.5) is 0 Å². The maximum atomic E-state index is 13.2. The van der Waals surface area contributed by atoms with Crippen LogP contribution in [0.5, 0.6) is 0 Å². The smallest absolute Gasteiger partial charge is 0.267 e. The van der Waals surface area contributed by atoms with E-state index < -0.39 is 0 Å². The van der Waals surface area contributed by atoms with Gasteiger partial charge in [0.25, 0.3) is 5.56 Å². The van der Waals surface area contributed by atoms with E-state index in [-0.39, 0.29) is 5.56 Å². The van der Waals surface area contributed by atoms with Crippen LogP contribution >= 0.6 is 11.8 Å². The van der Waals surface area contributed by atoms with E-state index in [9.17, 15) is 4.79 Å². The molecule has 0 bridgehead atoms. The van der Waals surface area contributed by atoms with E-state index in [0.717, 1.165) is 16.9 Å². The van der Waals surface area contributed by atoms with Gasteiger partial charge in [0.05, 0.1) is 11.4 Å². The summed E-state index contributed by atoms with van der Waals surface area (Å²) in [4.78, 5) is 18.0. The molecule has 8 heteroatoms. The summed E-state index contributed by atoms with van der Waals surface area (Å²) >= 11 is 1.42. The van der Waals surface area contributed by atoms with Crippen LogP contribution in [0.3, 0.4) is 0 Å². The molecule has 0 saturated heterocycles. The largest absolute Gasteiger partial charge is 0.288 e. The monoisotopic (exact) mass is 388 g/mol. The van der Waals surface area contributed by atoms with Gasteiger partial charge in [-0.15, -0.1) is 11.8 Å². The van der Waals surface area contributed by atoms with Gasteiger partial charge >= 0.3 is 0 Å². The number of rotatable bonds is 3. The number of benzene rings is 2. The molecule has 0 atom stereocenters. The highest BCUT2D eigenvalue weighted by molar-refractivity contribution is 7.98. The maximum absolute atomic E-state index is 13.2. The highest BCUT2D eigenvalue weighted by atomic mass is 32.2. The van der Waals surface area contributed by atoms with Gasteiger partial charge in [-0.3, -0.25) is 9.36 Å². The van der Waals surface area contributed by atoms with E-state index in [1.165, 1.54) is 16.3 Å². The molecule has 7 nitrogen and oxygen atoms in total. The molecule has 0 aliphatic heterocycles. The molecular formula is C20H16N6OS. The Kier molecular flexibility index (Phi) is 3.80. The molecule has 0 fully saturated rings. The van der Waals surface area contributed by atoms with Crippen molar-refractivity contribution in [2.24, 2.45) is 0 Å². The first-order valence-electron chi connectivity index (χ1n) is 8.73. The van der Waals surface area contributed by atoms with Gasteiger partial charge in [-0.25, -0.2) is 4.68 Å². The Bertz CT molecular complexity index is 1370. The predicted octanol–water partition coefficient (Wildman–Crippen LogP) is 3.25. The van der Waals surface area contributed by atoms with Gasteiger partial charge in [-0.2, -0.15) is 19.7 Å². The molecule has 0 radical (unpaired) electrons. The Morgan fingerprint density at radius 3 is 2.43 bits per heavy atom. The molecule has 0 saturated carbocycles. The molecule has 138 valence electrons. The van der Waals surface area contributed by atoms with Gasteiger partial charge in [0.1, 0.15) is 16.7 Å². The van der Waals surface area contributed by atoms with Crippen LogP contribution in [-0.2, 0) is 0 Å². The molecular weight excluding hydrogens is 372 g/mol. The Morgan fingerprint density at radius 2 is 1.71 bits per heavy atom. The highest BCUT2D eigenvalue weighted by Gasteiger charge is 2.20. The van der Waals surface area contributed by atoms with Gasteiger partial charge in [-0.1, -0.05) is 35.9 Å². The number of hydrogen-bond donors (Lipinski definition) is 0. The molecule has 28 heavy (non-hydrogen) atoms. The lowest BCUT2D eigenvalue weighted by Gasteiger charge is -2.05. The molecule has 0 unspecified atom stereocenters. The number of thioether (sulfide) groups is 1. The number of para-hydroxylation sites is 1. The van der Waals surface area contributed by atoms with Crippen LogP contribution < -0.4 is 5.56 Å². The average molecular weight is 388 g/mol. The van der Waals surface area contributed by atoms with Gasteiger partial charge in [0.2, 0.25) is 5.78 Å². The second-order valence-corrected chi connectivity index (χ2v) is 7.22. The predicted molar refractivity (Wildman–Crippen MR) is 110 cm³/mol. The van der Waals surface area contributed by atoms with E-state index in [1.54, 1.807) is 15.6 Å². The third-order valence-corrected chi connectivity index (χ3v) is 5.31. The lowest BCUT2D eigenvalue weighted by molar-refractivity contribution is 0.851. The molecule has 0 aliphatic carbocycles.